The molecule has 4 aromatic rings. The Labute approximate surface area is 195 Å². The molecule has 0 saturated carbocycles. The second-order valence-electron chi connectivity index (χ2n) is 8.09. The number of hydrogen-bond acceptors (Lipinski definition) is 4. The van der Waals surface area contributed by atoms with Gasteiger partial charge in [0.15, 0.2) is 0 Å². The van der Waals surface area contributed by atoms with Crippen molar-refractivity contribution in [1.29, 1.82) is 0 Å². The van der Waals surface area contributed by atoms with E-state index in [1.807, 2.05) is 67.6 Å². The first-order chi connectivity index (χ1) is 15.5. The average molecular weight is 466 g/mol. The van der Waals surface area contributed by atoms with Crippen LogP contribution in [0.25, 0.3) is 11.0 Å². The Morgan fingerprint density at radius 3 is 2.56 bits per heavy atom. The number of aryl methyl sites for hydroxylation is 1. The van der Waals surface area contributed by atoms with Gasteiger partial charge in [-0.15, -0.1) is 0 Å². The fourth-order valence-corrected chi connectivity index (χ4v) is 4.75. The third-order valence-electron chi connectivity index (χ3n) is 5.87. The SMILES string of the molecule is Cc1c(Cc2ccccc2)c(=O)oc2c3c(c(Cl)cc12)OCN(Cc1cccc(Cl)c1)C3. The van der Waals surface area contributed by atoms with E-state index in [2.05, 4.69) is 4.90 Å². The van der Waals surface area contributed by atoms with E-state index >= 15 is 0 Å². The number of halogens is 2. The zero-order chi connectivity index (χ0) is 22.2. The van der Waals surface area contributed by atoms with Gasteiger partial charge >= 0.3 is 5.63 Å². The monoisotopic (exact) mass is 465 g/mol. The van der Waals surface area contributed by atoms with Gasteiger partial charge in [-0.2, -0.15) is 0 Å². The van der Waals surface area contributed by atoms with E-state index in [4.69, 9.17) is 32.4 Å². The van der Waals surface area contributed by atoms with E-state index in [0.29, 0.717) is 53.2 Å². The van der Waals surface area contributed by atoms with E-state index in [9.17, 15) is 4.79 Å². The average Bonchev–Trinajstić information content (AvgIpc) is 2.78. The summed E-state index contributed by atoms with van der Waals surface area (Å²) in [7, 11) is 0. The summed E-state index contributed by atoms with van der Waals surface area (Å²) < 4.78 is 11.9. The molecular formula is C26H21Cl2NO3. The molecule has 4 nitrogen and oxygen atoms in total. The van der Waals surface area contributed by atoms with E-state index in [0.717, 1.165) is 27.6 Å². The van der Waals surface area contributed by atoms with Crippen molar-refractivity contribution in [2.45, 2.75) is 26.4 Å². The summed E-state index contributed by atoms with van der Waals surface area (Å²) in [6, 6.07) is 19.5. The number of hydrogen-bond donors (Lipinski definition) is 0. The summed E-state index contributed by atoms with van der Waals surface area (Å²) >= 11 is 12.7. The summed E-state index contributed by atoms with van der Waals surface area (Å²) in [4.78, 5) is 15.1. The Bertz CT molecular complexity index is 1370. The highest BCUT2D eigenvalue weighted by atomic mass is 35.5. The predicted octanol–water partition coefficient (Wildman–Crippen LogP) is 6.35. The van der Waals surface area contributed by atoms with Crippen molar-refractivity contribution in [3.8, 4) is 5.75 Å². The maximum atomic E-state index is 13.0. The first-order valence-corrected chi connectivity index (χ1v) is 11.2. The van der Waals surface area contributed by atoms with Crippen molar-refractivity contribution >= 4 is 34.2 Å². The molecule has 0 N–H and O–H groups in total. The van der Waals surface area contributed by atoms with Crippen LogP contribution in [0.2, 0.25) is 10.0 Å². The molecule has 0 bridgehead atoms. The standard InChI is InChI=1S/C26H21Cl2NO3/c1-16-20-12-23(28)25-22(14-29(15-31-25)13-18-8-5-9-19(27)10-18)24(20)32-26(30)21(16)11-17-6-3-2-4-7-17/h2-10,12H,11,13-15H2,1H3. The van der Waals surface area contributed by atoms with Crippen molar-refractivity contribution < 1.29 is 9.15 Å². The number of rotatable bonds is 4. The number of benzene rings is 3. The quantitative estimate of drug-likeness (QED) is 0.329. The molecule has 1 aromatic heterocycles. The molecule has 0 fully saturated rings. The Morgan fingerprint density at radius 1 is 1.00 bits per heavy atom. The summed E-state index contributed by atoms with van der Waals surface area (Å²) in [5.74, 6) is 0.583. The molecule has 1 aliphatic heterocycles. The zero-order valence-corrected chi connectivity index (χ0v) is 19.0. The zero-order valence-electron chi connectivity index (χ0n) is 17.5. The van der Waals surface area contributed by atoms with Crippen molar-refractivity contribution in [1.82, 2.24) is 4.90 Å². The lowest BCUT2D eigenvalue weighted by Gasteiger charge is -2.30. The Balaban J connectivity index is 1.55. The summed E-state index contributed by atoms with van der Waals surface area (Å²) in [5, 5.41) is 2.06. The van der Waals surface area contributed by atoms with E-state index in [1.54, 1.807) is 0 Å². The molecule has 32 heavy (non-hydrogen) atoms. The molecule has 162 valence electrons. The molecule has 0 amide bonds. The van der Waals surface area contributed by atoms with Crippen LogP contribution in [0.15, 0.2) is 69.9 Å². The maximum absolute atomic E-state index is 13.0. The topological polar surface area (TPSA) is 42.7 Å². The highest BCUT2D eigenvalue weighted by Crippen LogP contribution is 2.40. The second kappa shape index (κ2) is 8.62. The smallest absolute Gasteiger partial charge is 0.340 e. The van der Waals surface area contributed by atoms with Crippen LogP contribution in [0, 0.1) is 6.92 Å². The highest BCUT2D eigenvalue weighted by molar-refractivity contribution is 6.33. The van der Waals surface area contributed by atoms with Crippen molar-refractivity contribution in [3.63, 3.8) is 0 Å². The van der Waals surface area contributed by atoms with Crippen LogP contribution in [-0.4, -0.2) is 11.6 Å². The number of ether oxygens (including phenoxy) is 1. The van der Waals surface area contributed by atoms with Crippen LogP contribution in [0.1, 0.15) is 27.8 Å². The number of fused-ring (bicyclic) bond motifs is 3. The van der Waals surface area contributed by atoms with E-state index in [1.165, 1.54) is 0 Å². The lowest BCUT2D eigenvalue weighted by atomic mass is 9.97. The normalized spacial score (nSPS) is 13.7. The van der Waals surface area contributed by atoms with Crippen molar-refractivity contribution in [2.75, 3.05) is 6.73 Å². The molecule has 0 unspecified atom stereocenters. The predicted molar refractivity (Wildman–Crippen MR) is 128 cm³/mol. The molecule has 0 atom stereocenters. The minimum absolute atomic E-state index is 0.324. The van der Waals surface area contributed by atoms with Gasteiger partial charge in [0, 0.05) is 35.5 Å². The number of nitrogens with zero attached hydrogens (tertiary/aromatic N) is 1. The molecule has 5 rings (SSSR count). The van der Waals surface area contributed by atoms with Crippen LogP contribution in [-0.2, 0) is 19.5 Å². The van der Waals surface area contributed by atoms with Gasteiger partial charge in [0.05, 0.1) is 10.6 Å². The molecule has 1 aliphatic rings. The van der Waals surface area contributed by atoms with Crippen LogP contribution in [0.4, 0.5) is 0 Å². The maximum Gasteiger partial charge on any atom is 0.340 e. The van der Waals surface area contributed by atoms with Gasteiger partial charge in [-0.25, -0.2) is 4.79 Å². The fourth-order valence-electron chi connectivity index (χ4n) is 4.26. The third-order valence-corrected chi connectivity index (χ3v) is 6.39. The largest absolute Gasteiger partial charge is 0.476 e. The first kappa shape index (κ1) is 21.1. The highest BCUT2D eigenvalue weighted by Gasteiger charge is 2.26. The van der Waals surface area contributed by atoms with Gasteiger partial charge in [-0.1, -0.05) is 65.7 Å². The van der Waals surface area contributed by atoms with E-state index < -0.39 is 0 Å². The van der Waals surface area contributed by atoms with Crippen LogP contribution >= 0.6 is 23.2 Å². The van der Waals surface area contributed by atoms with E-state index in [-0.39, 0.29) is 5.63 Å². The van der Waals surface area contributed by atoms with Gasteiger partial charge in [0.2, 0.25) is 0 Å². The van der Waals surface area contributed by atoms with Gasteiger partial charge in [0.25, 0.3) is 0 Å². The fraction of sp³-hybridized carbons (Fsp3) is 0.192. The van der Waals surface area contributed by atoms with Crippen molar-refractivity contribution in [3.05, 3.63) is 109 Å². The summed E-state index contributed by atoms with van der Waals surface area (Å²) in [6.07, 6.45) is 0.511. The Hall–Kier alpha value is -2.79. The van der Waals surface area contributed by atoms with Crippen molar-refractivity contribution in [2.24, 2.45) is 0 Å². The molecule has 6 heteroatoms. The minimum atomic E-state index is -0.324. The first-order valence-electron chi connectivity index (χ1n) is 10.4. The molecule has 3 aromatic carbocycles. The van der Waals surface area contributed by atoms with Gasteiger partial charge in [-0.3, -0.25) is 4.90 Å². The van der Waals surface area contributed by atoms with Gasteiger partial charge in [0.1, 0.15) is 18.1 Å². The Kier molecular flexibility index (Phi) is 5.68. The lowest BCUT2D eigenvalue weighted by Crippen LogP contribution is -2.32. The molecule has 0 saturated heterocycles. The van der Waals surface area contributed by atoms with Crippen LogP contribution in [0.3, 0.4) is 0 Å². The third kappa shape index (κ3) is 4.02. The van der Waals surface area contributed by atoms with Crippen LogP contribution < -0.4 is 10.4 Å². The molecule has 0 radical (unpaired) electrons. The summed E-state index contributed by atoms with van der Waals surface area (Å²) in [6.45, 7) is 3.55. The lowest BCUT2D eigenvalue weighted by molar-refractivity contribution is 0.0890. The summed E-state index contributed by atoms with van der Waals surface area (Å²) in [5.41, 5.74) is 4.69. The van der Waals surface area contributed by atoms with Gasteiger partial charge in [-0.05, 0) is 41.8 Å². The molecule has 0 spiro atoms. The van der Waals surface area contributed by atoms with Crippen LogP contribution in [0.5, 0.6) is 5.75 Å². The molecule has 2 heterocycles. The second-order valence-corrected chi connectivity index (χ2v) is 8.93. The minimum Gasteiger partial charge on any atom is -0.476 e. The van der Waals surface area contributed by atoms with Gasteiger partial charge < -0.3 is 9.15 Å². The molecular weight excluding hydrogens is 445 g/mol. The Morgan fingerprint density at radius 2 is 1.78 bits per heavy atom. The molecule has 0 aliphatic carbocycles.